The van der Waals surface area contributed by atoms with E-state index in [9.17, 15) is 4.79 Å². The molecular weight excluding hydrogens is 499 g/mol. The van der Waals surface area contributed by atoms with Gasteiger partial charge in [-0.25, -0.2) is 9.48 Å². The molecule has 0 atom stereocenters. The molecule has 2 N–H and O–H groups in total. The first kappa shape index (κ1) is 21.9. The number of rotatable bonds is 7. The molecule has 8 nitrogen and oxygen atoms in total. The first-order valence-electron chi connectivity index (χ1n) is 8.37. The number of aromatic nitrogens is 2. The van der Waals surface area contributed by atoms with Crippen molar-refractivity contribution in [1.29, 1.82) is 0 Å². The second-order valence-corrected chi connectivity index (χ2v) is 7.55. The maximum atomic E-state index is 12.2. The molecular formula is C19H15BrCl2N4O4. The van der Waals surface area contributed by atoms with Gasteiger partial charge in [-0.05, 0) is 42.5 Å². The van der Waals surface area contributed by atoms with Crippen LogP contribution in [0.5, 0.6) is 11.5 Å². The molecule has 0 saturated carbocycles. The van der Waals surface area contributed by atoms with Crippen molar-refractivity contribution in [3.8, 4) is 11.5 Å². The molecule has 11 heteroatoms. The van der Waals surface area contributed by atoms with E-state index in [1.165, 1.54) is 17.9 Å². The molecule has 0 aliphatic heterocycles. The van der Waals surface area contributed by atoms with Crippen LogP contribution in [0.1, 0.15) is 16.1 Å². The van der Waals surface area contributed by atoms with E-state index in [0.29, 0.717) is 27.1 Å². The van der Waals surface area contributed by atoms with Crippen molar-refractivity contribution < 1.29 is 19.1 Å². The van der Waals surface area contributed by atoms with Crippen molar-refractivity contribution in [2.45, 2.75) is 6.73 Å². The second kappa shape index (κ2) is 9.84. The quantitative estimate of drug-likeness (QED) is 0.216. The highest BCUT2D eigenvalue weighted by atomic mass is 79.9. The SMILES string of the molecule is COc1ccc(Cl)cc1/C(N)=N/OC(=O)c1ccn(COc2ccc(Br)cc2Cl)n1. The van der Waals surface area contributed by atoms with Crippen molar-refractivity contribution in [2.75, 3.05) is 7.11 Å². The van der Waals surface area contributed by atoms with E-state index in [1.54, 1.807) is 42.6 Å². The van der Waals surface area contributed by atoms with E-state index in [1.807, 2.05) is 0 Å². The lowest BCUT2D eigenvalue weighted by Crippen LogP contribution is -2.16. The summed E-state index contributed by atoms with van der Waals surface area (Å²) >= 11 is 15.4. The highest BCUT2D eigenvalue weighted by Crippen LogP contribution is 2.28. The summed E-state index contributed by atoms with van der Waals surface area (Å²) < 4.78 is 13.0. The molecule has 0 aliphatic carbocycles. The summed E-state index contributed by atoms with van der Waals surface area (Å²) in [6.07, 6.45) is 1.55. The van der Waals surface area contributed by atoms with Crippen molar-refractivity contribution in [3.63, 3.8) is 0 Å². The second-order valence-electron chi connectivity index (χ2n) is 5.79. The molecule has 0 spiro atoms. The Morgan fingerprint density at radius 1 is 1.20 bits per heavy atom. The zero-order valence-corrected chi connectivity index (χ0v) is 18.6. The van der Waals surface area contributed by atoms with Gasteiger partial charge in [0.05, 0.1) is 17.7 Å². The van der Waals surface area contributed by atoms with Gasteiger partial charge in [0.1, 0.15) is 11.5 Å². The number of carbonyl (C=O) groups excluding carboxylic acids is 1. The molecule has 0 radical (unpaired) electrons. The van der Waals surface area contributed by atoms with Crippen molar-refractivity contribution in [2.24, 2.45) is 10.9 Å². The molecule has 0 bridgehead atoms. The van der Waals surface area contributed by atoms with Gasteiger partial charge in [-0.1, -0.05) is 44.3 Å². The number of hydrogen-bond acceptors (Lipinski definition) is 6. The van der Waals surface area contributed by atoms with Gasteiger partial charge in [-0.2, -0.15) is 5.10 Å². The number of methoxy groups -OCH3 is 1. The fourth-order valence-corrected chi connectivity index (χ4v) is 3.24. The van der Waals surface area contributed by atoms with Crippen LogP contribution in [-0.4, -0.2) is 28.7 Å². The van der Waals surface area contributed by atoms with Gasteiger partial charge in [0.15, 0.2) is 18.3 Å². The molecule has 156 valence electrons. The van der Waals surface area contributed by atoms with Gasteiger partial charge in [0.25, 0.3) is 0 Å². The molecule has 1 heterocycles. The smallest absolute Gasteiger partial charge is 0.385 e. The molecule has 0 fully saturated rings. The van der Waals surface area contributed by atoms with Crippen LogP contribution in [0.25, 0.3) is 0 Å². The monoisotopic (exact) mass is 512 g/mol. The summed E-state index contributed by atoms with van der Waals surface area (Å²) in [5, 5.41) is 8.60. The Kier molecular flexibility index (Phi) is 7.20. The standard InChI is InChI=1S/C19H15BrCl2N4O4/c1-28-16-5-3-12(21)9-13(16)18(23)25-30-19(27)15-6-7-26(24-15)10-29-17-4-2-11(20)8-14(17)22/h2-9H,10H2,1H3,(H2,23,25). The Morgan fingerprint density at radius 3 is 2.70 bits per heavy atom. The third-order valence-corrected chi connectivity index (χ3v) is 4.78. The lowest BCUT2D eigenvalue weighted by Gasteiger charge is -2.08. The van der Waals surface area contributed by atoms with Gasteiger partial charge in [-0.15, -0.1) is 0 Å². The first-order valence-corrected chi connectivity index (χ1v) is 9.92. The molecule has 30 heavy (non-hydrogen) atoms. The fraction of sp³-hybridized carbons (Fsp3) is 0.105. The predicted octanol–water partition coefficient (Wildman–Crippen LogP) is 4.47. The lowest BCUT2D eigenvalue weighted by molar-refractivity contribution is 0.0507. The predicted molar refractivity (Wildman–Crippen MR) is 116 cm³/mol. The summed E-state index contributed by atoms with van der Waals surface area (Å²) in [7, 11) is 1.47. The van der Waals surface area contributed by atoms with Crippen LogP contribution in [0.2, 0.25) is 10.0 Å². The number of nitrogens with two attached hydrogens (primary N) is 1. The van der Waals surface area contributed by atoms with E-state index in [2.05, 4.69) is 26.2 Å². The maximum absolute atomic E-state index is 12.2. The summed E-state index contributed by atoms with van der Waals surface area (Å²) in [5.41, 5.74) is 6.30. The van der Waals surface area contributed by atoms with E-state index < -0.39 is 5.97 Å². The Hall–Kier alpha value is -2.75. The van der Waals surface area contributed by atoms with Gasteiger partial charge in [-0.3, -0.25) is 0 Å². The normalized spacial score (nSPS) is 11.3. The Labute approximate surface area is 190 Å². The molecule has 3 aromatic rings. The van der Waals surface area contributed by atoms with E-state index in [4.69, 9.17) is 43.2 Å². The summed E-state index contributed by atoms with van der Waals surface area (Å²) in [6, 6.07) is 11.5. The summed E-state index contributed by atoms with van der Waals surface area (Å²) in [4.78, 5) is 17.1. The highest BCUT2D eigenvalue weighted by Gasteiger charge is 2.14. The topological polar surface area (TPSA) is 101 Å². The van der Waals surface area contributed by atoms with Crippen molar-refractivity contribution in [1.82, 2.24) is 9.78 Å². The van der Waals surface area contributed by atoms with Crippen LogP contribution in [0.15, 0.2) is 58.3 Å². The molecule has 0 saturated heterocycles. The van der Waals surface area contributed by atoms with Gasteiger partial charge in [0.2, 0.25) is 0 Å². The Balaban J connectivity index is 1.63. The Morgan fingerprint density at radius 2 is 1.97 bits per heavy atom. The van der Waals surface area contributed by atoms with Crippen LogP contribution in [-0.2, 0) is 11.6 Å². The number of halogens is 3. The number of amidine groups is 1. The minimum Gasteiger partial charge on any atom is -0.496 e. The first-order chi connectivity index (χ1) is 14.4. The van der Waals surface area contributed by atoms with Crippen LogP contribution in [0.3, 0.4) is 0 Å². The zero-order valence-electron chi connectivity index (χ0n) is 15.5. The van der Waals surface area contributed by atoms with Crippen LogP contribution >= 0.6 is 39.1 Å². The largest absolute Gasteiger partial charge is 0.496 e. The van der Waals surface area contributed by atoms with Gasteiger partial charge < -0.3 is 20.0 Å². The van der Waals surface area contributed by atoms with E-state index in [0.717, 1.165) is 4.47 Å². The number of oxime groups is 1. The minimum atomic E-state index is -0.792. The van der Waals surface area contributed by atoms with Crippen LogP contribution in [0, 0.1) is 0 Å². The number of ether oxygens (including phenoxy) is 2. The fourth-order valence-electron chi connectivity index (χ4n) is 2.34. The number of hydrogen-bond donors (Lipinski definition) is 1. The number of nitrogens with zero attached hydrogens (tertiary/aromatic N) is 3. The maximum Gasteiger partial charge on any atom is 0.385 e. The zero-order chi connectivity index (χ0) is 21.7. The third kappa shape index (κ3) is 5.44. The third-order valence-electron chi connectivity index (χ3n) is 3.76. The van der Waals surface area contributed by atoms with Crippen molar-refractivity contribution >= 4 is 50.9 Å². The summed E-state index contributed by atoms with van der Waals surface area (Å²) in [6.45, 7) is 0.0414. The molecule has 0 unspecified atom stereocenters. The minimum absolute atomic E-state index is 0.0233. The highest BCUT2D eigenvalue weighted by molar-refractivity contribution is 9.10. The van der Waals surface area contributed by atoms with E-state index in [-0.39, 0.29) is 18.3 Å². The lowest BCUT2D eigenvalue weighted by atomic mass is 10.2. The van der Waals surface area contributed by atoms with Crippen molar-refractivity contribution in [3.05, 3.63) is 74.4 Å². The molecule has 1 aromatic heterocycles. The number of benzene rings is 2. The van der Waals surface area contributed by atoms with Crippen LogP contribution < -0.4 is 15.2 Å². The average molecular weight is 514 g/mol. The molecule has 2 aromatic carbocycles. The molecule has 0 amide bonds. The Bertz CT molecular complexity index is 1100. The number of carbonyl (C=O) groups is 1. The van der Waals surface area contributed by atoms with E-state index >= 15 is 0 Å². The molecule has 3 rings (SSSR count). The van der Waals surface area contributed by atoms with Crippen LogP contribution in [0.4, 0.5) is 0 Å². The molecule has 0 aliphatic rings. The average Bonchev–Trinajstić information content (AvgIpc) is 3.20. The van der Waals surface area contributed by atoms with Gasteiger partial charge >= 0.3 is 5.97 Å². The van der Waals surface area contributed by atoms with Gasteiger partial charge in [0, 0.05) is 15.7 Å². The summed E-state index contributed by atoms with van der Waals surface area (Å²) in [5.74, 6) is 0.0479.